The molecule has 8 rings (SSSR count). The second-order valence-electron chi connectivity index (χ2n) is 10.9. The molecule has 0 saturated heterocycles. The molecule has 238 valence electrons. The minimum absolute atomic E-state index is 0.0172. The standard InChI is InChI=1S/C17H12O7.C17H12O6/c1-6-9(19)5-11-13(14(6)20)15(21)12-8-3-2-7(18)4-10(8)24-17(22)16(12)23-11;1-7-9(18)6-11-13(14(7)19)15(20)12-8-4-2-3-5-10(8)23-17(21)16(12)22-11/h2-5,17-20,22H,1H3;2-6,17-19,21H,1H3. The first-order valence-corrected chi connectivity index (χ1v) is 14.0. The third kappa shape index (κ3) is 4.40. The molecule has 7 N–H and O–H groups in total. The molecule has 2 aliphatic heterocycles. The van der Waals surface area contributed by atoms with Crippen molar-refractivity contribution in [1.29, 1.82) is 0 Å². The summed E-state index contributed by atoms with van der Waals surface area (Å²) in [6.45, 7) is 2.96. The average molecular weight is 641 g/mol. The number of hydrogen-bond acceptors (Lipinski definition) is 13. The van der Waals surface area contributed by atoms with E-state index in [-0.39, 0.29) is 90.2 Å². The number of para-hydroxylation sites is 1. The average Bonchev–Trinajstić information content (AvgIpc) is 3.03. The number of aliphatic hydroxyl groups excluding tert-OH is 2. The van der Waals surface area contributed by atoms with E-state index in [1.807, 2.05) is 0 Å². The molecule has 2 unspecified atom stereocenters. The fourth-order valence-corrected chi connectivity index (χ4v) is 5.67. The Hall–Kier alpha value is -6.18. The smallest absolute Gasteiger partial charge is 0.257 e. The quantitative estimate of drug-likeness (QED) is 0.118. The molecule has 47 heavy (non-hydrogen) atoms. The molecule has 13 heteroatoms. The number of fused-ring (bicyclic) bond motifs is 8. The van der Waals surface area contributed by atoms with E-state index in [0.29, 0.717) is 16.9 Å². The van der Waals surface area contributed by atoms with Crippen LogP contribution < -0.4 is 20.3 Å². The lowest BCUT2D eigenvalue weighted by Crippen LogP contribution is -2.20. The number of rotatable bonds is 0. The van der Waals surface area contributed by atoms with Crippen molar-refractivity contribution in [3.63, 3.8) is 0 Å². The number of phenols is 5. The minimum Gasteiger partial charge on any atom is -0.508 e. The zero-order chi connectivity index (χ0) is 33.5. The van der Waals surface area contributed by atoms with Crippen LogP contribution >= 0.6 is 0 Å². The number of benzene rings is 4. The Morgan fingerprint density at radius 2 is 1.06 bits per heavy atom. The third-order valence-corrected chi connectivity index (χ3v) is 8.14. The van der Waals surface area contributed by atoms with Gasteiger partial charge in [-0.15, -0.1) is 0 Å². The molecule has 13 nitrogen and oxygen atoms in total. The molecule has 0 saturated carbocycles. The Morgan fingerprint density at radius 3 is 1.60 bits per heavy atom. The molecule has 2 aromatic heterocycles. The molecule has 0 spiro atoms. The summed E-state index contributed by atoms with van der Waals surface area (Å²) in [5.41, 5.74) is 0.184. The van der Waals surface area contributed by atoms with Gasteiger partial charge in [0.2, 0.25) is 10.9 Å². The Kier molecular flexibility index (Phi) is 6.56. The number of aliphatic hydroxyl groups is 2. The lowest BCUT2D eigenvalue weighted by atomic mass is 9.97. The van der Waals surface area contributed by atoms with Crippen LogP contribution in [0.4, 0.5) is 0 Å². The summed E-state index contributed by atoms with van der Waals surface area (Å²) in [5.74, 6) is -0.955. The molecular weight excluding hydrogens is 616 g/mol. The van der Waals surface area contributed by atoms with Crippen LogP contribution in [-0.2, 0) is 0 Å². The maximum Gasteiger partial charge on any atom is 0.257 e. The number of aromatic hydroxyl groups is 5. The number of ether oxygens (including phenoxy) is 2. The van der Waals surface area contributed by atoms with Gasteiger partial charge < -0.3 is 54.1 Å². The maximum absolute atomic E-state index is 12.9. The van der Waals surface area contributed by atoms with Gasteiger partial charge in [-0.3, -0.25) is 9.59 Å². The van der Waals surface area contributed by atoms with Crippen molar-refractivity contribution >= 4 is 21.9 Å². The van der Waals surface area contributed by atoms with Crippen molar-refractivity contribution in [3.05, 3.63) is 97.7 Å². The van der Waals surface area contributed by atoms with Crippen molar-refractivity contribution in [1.82, 2.24) is 0 Å². The second kappa shape index (κ2) is 10.4. The van der Waals surface area contributed by atoms with Crippen molar-refractivity contribution in [2.45, 2.75) is 26.4 Å². The topological polar surface area (TPSA) is 220 Å². The van der Waals surface area contributed by atoms with E-state index >= 15 is 0 Å². The molecule has 2 aliphatic rings. The summed E-state index contributed by atoms with van der Waals surface area (Å²) in [7, 11) is 0. The molecule has 0 radical (unpaired) electrons. The lowest BCUT2D eigenvalue weighted by molar-refractivity contribution is -0.0379. The zero-order valence-corrected chi connectivity index (χ0v) is 24.4. The third-order valence-electron chi connectivity index (χ3n) is 8.14. The highest BCUT2D eigenvalue weighted by molar-refractivity contribution is 5.92. The molecular formula is C34H24O13. The van der Waals surface area contributed by atoms with E-state index < -0.39 is 23.4 Å². The van der Waals surface area contributed by atoms with Crippen LogP contribution in [0.2, 0.25) is 0 Å². The van der Waals surface area contributed by atoms with E-state index in [2.05, 4.69) is 0 Å². The summed E-state index contributed by atoms with van der Waals surface area (Å²) in [5, 5.41) is 69.7. The van der Waals surface area contributed by atoms with Crippen molar-refractivity contribution in [2.75, 3.05) is 0 Å². The first-order valence-electron chi connectivity index (χ1n) is 14.0. The second-order valence-corrected chi connectivity index (χ2v) is 10.9. The fourth-order valence-electron chi connectivity index (χ4n) is 5.67. The van der Waals surface area contributed by atoms with Gasteiger partial charge in [-0.1, -0.05) is 18.2 Å². The number of hydrogen-bond donors (Lipinski definition) is 7. The Bertz CT molecular complexity index is 2420. The van der Waals surface area contributed by atoms with Crippen LogP contribution in [0.3, 0.4) is 0 Å². The first kappa shape index (κ1) is 29.5. The Morgan fingerprint density at radius 1 is 0.596 bits per heavy atom. The van der Waals surface area contributed by atoms with E-state index in [0.717, 1.165) is 0 Å². The highest BCUT2D eigenvalue weighted by Crippen LogP contribution is 2.45. The molecule has 0 bridgehead atoms. The first-order chi connectivity index (χ1) is 22.4. The monoisotopic (exact) mass is 640 g/mol. The highest BCUT2D eigenvalue weighted by Gasteiger charge is 2.33. The summed E-state index contributed by atoms with van der Waals surface area (Å²) < 4.78 is 21.7. The van der Waals surface area contributed by atoms with Gasteiger partial charge in [-0.05, 0) is 32.0 Å². The fraction of sp³-hybridized carbons (Fsp3) is 0.118. The van der Waals surface area contributed by atoms with Crippen molar-refractivity contribution in [2.24, 2.45) is 0 Å². The predicted molar refractivity (Wildman–Crippen MR) is 165 cm³/mol. The largest absolute Gasteiger partial charge is 0.508 e. The summed E-state index contributed by atoms with van der Waals surface area (Å²) in [6, 6.07) is 13.3. The lowest BCUT2D eigenvalue weighted by Gasteiger charge is -2.24. The van der Waals surface area contributed by atoms with E-state index in [4.69, 9.17) is 18.3 Å². The molecule has 4 heterocycles. The SMILES string of the molecule is Cc1c(O)cc2oc3c(c(=O)c2c1O)-c1ccc(O)cc1OC3O.Cc1c(O)cc2oc3c(c(=O)c2c1O)-c1ccccc1OC3O. The van der Waals surface area contributed by atoms with Crippen LogP contribution in [0.1, 0.15) is 35.2 Å². The van der Waals surface area contributed by atoms with Gasteiger partial charge in [0.05, 0.1) is 11.1 Å². The number of phenolic OH excluding ortho intramolecular Hbond substituents is 5. The summed E-state index contributed by atoms with van der Waals surface area (Å²) in [6.07, 6.45) is -3.00. The van der Waals surface area contributed by atoms with Crippen LogP contribution in [-0.4, -0.2) is 35.7 Å². The van der Waals surface area contributed by atoms with Gasteiger partial charge in [-0.2, -0.15) is 0 Å². The van der Waals surface area contributed by atoms with Gasteiger partial charge in [0, 0.05) is 40.5 Å². The van der Waals surface area contributed by atoms with Crippen LogP contribution in [0.15, 0.2) is 73.0 Å². The molecule has 2 atom stereocenters. The highest BCUT2D eigenvalue weighted by atomic mass is 16.6. The van der Waals surface area contributed by atoms with E-state index in [9.17, 15) is 45.3 Å². The molecule has 0 fully saturated rings. The molecule has 4 aromatic carbocycles. The summed E-state index contributed by atoms with van der Waals surface area (Å²) in [4.78, 5) is 25.8. The predicted octanol–water partition coefficient (Wildman–Crippen LogP) is 4.83. The van der Waals surface area contributed by atoms with Gasteiger partial charge in [0.1, 0.15) is 62.2 Å². The normalized spacial score (nSPS) is 15.7. The van der Waals surface area contributed by atoms with Crippen LogP contribution in [0, 0.1) is 13.8 Å². The van der Waals surface area contributed by atoms with Gasteiger partial charge in [0.15, 0.2) is 11.5 Å². The van der Waals surface area contributed by atoms with Crippen LogP contribution in [0.5, 0.6) is 40.2 Å². The molecule has 0 amide bonds. The van der Waals surface area contributed by atoms with Crippen molar-refractivity contribution in [3.8, 4) is 62.5 Å². The zero-order valence-electron chi connectivity index (χ0n) is 24.4. The maximum atomic E-state index is 12.9. The molecule has 6 aromatic rings. The van der Waals surface area contributed by atoms with Crippen LogP contribution in [0.25, 0.3) is 44.2 Å². The van der Waals surface area contributed by atoms with E-state index in [1.54, 1.807) is 24.3 Å². The summed E-state index contributed by atoms with van der Waals surface area (Å²) >= 11 is 0. The van der Waals surface area contributed by atoms with Gasteiger partial charge in [-0.25, -0.2) is 0 Å². The van der Waals surface area contributed by atoms with Gasteiger partial charge in [0.25, 0.3) is 12.6 Å². The minimum atomic E-state index is -1.56. The van der Waals surface area contributed by atoms with Crippen molar-refractivity contribution < 1.29 is 54.1 Å². The van der Waals surface area contributed by atoms with E-state index in [1.165, 1.54) is 44.2 Å². The Balaban J connectivity index is 0.000000150. The Labute approximate surface area is 262 Å². The van der Waals surface area contributed by atoms with Gasteiger partial charge >= 0.3 is 0 Å². The molecule has 0 aliphatic carbocycles.